The Kier molecular flexibility index (Phi) is 10.2. The van der Waals surface area contributed by atoms with E-state index in [0.717, 1.165) is 30.4 Å². The van der Waals surface area contributed by atoms with Crippen LogP contribution in [0, 0.1) is 0 Å². The van der Waals surface area contributed by atoms with Gasteiger partial charge in [0.15, 0.2) is 0 Å². The second-order valence-electron chi connectivity index (χ2n) is 7.59. The lowest BCUT2D eigenvalue weighted by Crippen LogP contribution is -2.39. The molecule has 7 heteroatoms. The smallest absolute Gasteiger partial charge is 0.249 e. The molecule has 3 atom stereocenters. The molecule has 0 spiro atoms. The Morgan fingerprint density at radius 2 is 2.20 bits per heavy atom. The fraction of sp³-hybridized carbons (Fsp3) is 0.565. The second kappa shape index (κ2) is 12.6. The number of carbonyl (C=O) groups excluding carboxylic acids is 2. The molecular weight excluding hydrogens is 398 g/mol. The number of ether oxygens (including phenoxy) is 1. The van der Waals surface area contributed by atoms with Crippen LogP contribution in [0.1, 0.15) is 46.5 Å². The summed E-state index contributed by atoms with van der Waals surface area (Å²) in [7, 11) is 1.88. The molecule has 1 aliphatic carbocycles. The van der Waals surface area contributed by atoms with Gasteiger partial charge in [0.05, 0.1) is 17.5 Å². The summed E-state index contributed by atoms with van der Waals surface area (Å²) in [5.41, 5.74) is 1.87. The van der Waals surface area contributed by atoms with Gasteiger partial charge in [0.2, 0.25) is 11.8 Å². The van der Waals surface area contributed by atoms with Crippen LogP contribution in [0.2, 0.25) is 0 Å². The second-order valence-corrected chi connectivity index (χ2v) is 8.65. The number of carbonyl (C=O) groups is 2. The van der Waals surface area contributed by atoms with Crippen LogP contribution in [0.4, 0.5) is 0 Å². The predicted molar refractivity (Wildman–Crippen MR) is 124 cm³/mol. The summed E-state index contributed by atoms with van der Waals surface area (Å²) >= 11 is 1.65. The van der Waals surface area contributed by atoms with Crippen LogP contribution in [0.15, 0.2) is 47.1 Å². The third kappa shape index (κ3) is 7.36. The first-order valence-electron chi connectivity index (χ1n) is 10.7. The minimum absolute atomic E-state index is 0.0261. The average molecular weight is 434 g/mol. The zero-order chi connectivity index (χ0) is 21.9. The topological polar surface area (TPSA) is 70.7 Å². The summed E-state index contributed by atoms with van der Waals surface area (Å²) in [6.45, 7) is 6.77. The van der Waals surface area contributed by atoms with Crippen molar-refractivity contribution in [3.8, 4) is 0 Å². The summed E-state index contributed by atoms with van der Waals surface area (Å²) in [6, 6.07) is 0.0261. The molecule has 1 heterocycles. The van der Waals surface area contributed by atoms with Crippen molar-refractivity contribution in [1.29, 1.82) is 0 Å². The molecule has 30 heavy (non-hydrogen) atoms. The Morgan fingerprint density at radius 3 is 2.80 bits per heavy atom. The quantitative estimate of drug-likeness (QED) is 0.488. The largest absolute Gasteiger partial charge is 0.375 e. The maximum Gasteiger partial charge on any atom is 0.249 e. The van der Waals surface area contributed by atoms with Gasteiger partial charge in [-0.3, -0.25) is 9.59 Å². The maximum absolute atomic E-state index is 13.0. The molecule has 0 aromatic rings. The molecule has 2 rings (SSSR count). The Hall–Kier alpha value is -1.99. The van der Waals surface area contributed by atoms with E-state index >= 15 is 0 Å². The molecule has 1 aliphatic heterocycles. The minimum Gasteiger partial charge on any atom is -0.375 e. The molecule has 3 unspecified atom stereocenters. The van der Waals surface area contributed by atoms with Gasteiger partial charge in [0.25, 0.3) is 0 Å². The van der Waals surface area contributed by atoms with E-state index in [4.69, 9.17) is 4.74 Å². The first-order chi connectivity index (χ1) is 14.5. The zero-order valence-corrected chi connectivity index (χ0v) is 19.3. The van der Waals surface area contributed by atoms with E-state index < -0.39 is 0 Å². The van der Waals surface area contributed by atoms with Crippen molar-refractivity contribution < 1.29 is 14.3 Å². The molecule has 0 aromatic heterocycles. The average Bonchev–Trinajstić information content (AvgIpc) is 3.27. The Balaban J connectivity index is 1.93. The summed E-state index contributed by atoms with van der Waals surface area (Å²) < 4.78 is 5.70. The van der Waals surface area contributed by atoms with E-state index in [0.29, 0.717) is 13.0 Å². The Labute approximate surface area is 184 Å². The van der Waals surface area contributed by atoms with Crippen LogP contribution in [-0.4, -0.2) is 54.4 Å². The van der Waals surface area contributed by atoms with E-state index in [-0.39, 0.29) is 35.9 Å². The number of nitrogens with zero attached hydrogens (tertiary/aromatic N) is 1. The van der Waals surface area contributed by atoms with Gasteiger partial charge in [-0.15, -0.1) is 11.8 Å². The lowest BCUT2D eigenvalue weighted by atomic mass is 9.94. The van der Waals surface area contributed by atoms with Gasteiger partial charge in [0, 0.05) is 25.4 Å². The molecule has 0 saturated heterocycles. The fourth-order valence-corrected chi connectivity index (χ4v) is 4.21. The van der Waals surface area contributed by atoms with Crippen LogP contribution in [0.3, 0.4) is 0 Å². The van der Waals surface area contributed by atoms with E-state index in [1.807, 2.05) is 55.6 Å². The maximum atomic E-state index is 13.0. The number of rotatable bonds is 11. The van der Waals surface area contributed by atoms with Gasteiger partial charge >= 0.3 is 0 Å². The number of hydrogen-bond acceptors (Lipinski definition) is 5. The number of likely N-dealkylation sites (N-methyl/N-ethyl adjacent to an activating group) is 1. The van der Waals surface area contributed by atoms with Gasteiger partial charge in [-0.25, -0.2) is 0 Å². The lowest BCUT2D eigenvalue weighted by Gasteiger charge is -2.31. The van der Waals surface area contributed by atoms with E-state index in [1.165, 1.54) is 0 Å². The molecule has 6 nitrogen and oxygen atoms in total. The van der Waals surface area contributed by atoms with Crippen LogP contribution < -0.4 is 10.6 Å². The highest BCUT2D eigenvalue weighted by Crippen LogP contribution is 2.24. The highest BCUT2D eigenvalue weighted by Gasteiger charge is 2.25. The van der Waals surface area contributed by atoms with Crippen LogP contribution in [0.25, 0.3) is 0 Å². The van der Waals surface area contributed by atoms with Crippen molar-refractivity contribution in [2.24, 2.45) is 0 Å². The third-order valence-electron chi connectivity index (χ3n) is 5.12. The lowest BCUT2D eigenvalue weighted by molar-refractivity contribution is -0.128. The van der Waals surface area contributed by atoms with Crippen molar-refractivity contribution in [2.45, 2.75) is 64.0 Å². The highest BCUT2D eigenvalue weighted by molar-refractivity contribution is 8.03. The summed E-state index contributed by atoms with van der Waals surface area (Å²) in [6.07, 6.45) is 13.4. The van der Waals surface area contributed by atoms with Crippen molar-refractivity contribution in [3.05, 3.63) is 47.1 Å². The molecule has 2 amide bonds. The number of nitrogens with one attached hydrogen (secondary N) is 2. The predicted octanol–water partition coefficient (Wildman–Crippen LogP) is 3.49. The molecule has 2 aliphatic rings. The molecule has 0 bridgehead atoms. The van der Waals surface area contributed by atoms with Crippen molar-refractivity contribution in [2.75, 3.05) is 20.2 Å². The first-order valence-corrected chi connectivity index (χ1v) is 11.7. The van der Waals surface area contributed by atoms with Gasteiger partial charge in [0.1, 0.15) is 6.61 Å². The molecule has 2 N–H and O–H groups in total. The standard InChI is InChI=1S/C23H35N3O3S/c1-5-7-20(26(4)23(28)17(3)15-22-25-13-14-30-22)18-8-10-19(11-9-18)29-16-21(27)24-12-6-2/h8-10,13-15,19-20,22,25H,5-7,11-12,16H2,1-4H3,(H,24,27)/b17-15+. The third-order valence-corrected chi connectivity index (χ3v) is 5.98. The summed E-state index contributed by atoms with van der Waals surface area (Å²) in [5, 5.41) is 8.13. The summed E-state index contributed by atoms with van der Waals surface area (Å²) in [5.74, 6) is -0.0374. The molecule has 0 saturated carbocycles. The van der Waals surface area contributed by atoms with Crippen LogP contribution in [-0.2, 0) is 14.3 Å². The highest BCUT2D eigenvalue weighted by atomic mass is 32.2. The van der Waals surface area contributed by atoms with E-state index in [2.05, 4.69) is 23.6 Å². The number of amides is 2. The van der Waals surface area contributed by atoms with Crippen molar-refractivity contribution in [1.82, 2.24) is 15.5 Å². The first kappa shape index (κ1) is 24.3. The molecule has 0 aromatic carbocycles. The van der Waals surface area contributed by atoms with Crippen LogP contribution in [0.5, 0.6) is 0 Å². The molecule has 166 valence electrons. The fourth-order valence-electron chi connectivity index (χ4n) is 3.45. The molecular formula is C23H35N3O3S. The van der Waals surface area contributed by atoms with Crippen LogP contribution >= 0.6 is 11.8 Å². The number of thioether (sulfide) groups is 1. The van der Waals surface area contributed by atoms with E-state index in [9.17, 15) is 9.59 Å². The normalized spacial score (nSPS) is 21.7. The SMILES string of the molecule is CCCNC(=O)COC1C=CC(C(CCC)N(C)C(=O)/C(C)=C/C2NC=CS2)=CC1. The number of hydrogen-bond donors (Lipinski definition) is 2. The van der Waals surface area contributed by atoms with Gasteiger partial charge < -0.3 is 20.3 Å². The van der Waals surface area contributed by atoms with Crippen molar-refractivity contribution >= 4 is 23.6 Å². The minimum atomic E-state index is -0.107. The Morgan fingerprint density at radius 1 is 1.40 bits per heavy atom. The molecule has 0 fully saturated rings. The zero-order valence-electron chi connectivity index (χ0n) is 18.5. The van der Waals surface area contributed by atoms with Gasteiger partial charge in [-0.05, 0) is 43.2 Å². The van der Waals surface area contributed by atoms with Gasteiger partial charge in [-0.2, -0.15) is 0 Å². The van der Waals surface area contributed by atoms with Crippen molar-refractivity contribution in [3.63, 3.8) is 0 Å². The monoisotopic (exact) mass is 433 g/mol. The molecule has 0 radical (unpaired) electrons. The summed E-state index contributed by atoms with van der Waals surface area (Å²) in [4.78, 5) is 26.6. The van der Waals surface area contributed by atoms with E-state index in [1.54, 1.807) is 11.8 Å². The van der Waals surface area contributed by atoms with Gasteiger partial charge in [-0.1, -0.05) is 38.5 Å². The Bertz CT molecular complexity index is 706.